The van der Waals surface area contributed by atoms with Gasteiger partial charge < -0.3 is 4.90 Å². The first-order chi connectivity index (χ1) is 15.9. The number of aromatic amines is 1. The summed E-state index contributed by atoms with van der Waals surface area (Å²) in [6.07, 6.45) is 4.05. The van der Waals surface area contributed by atoms with Crippen molar-refractivity contribution in [3.05, 3.63) is 70.2 Å². The van der Waals surface area contributed by atoms with Gasteiger partial charge in [0, 0.05) is 30.0 Å². The molecule has 0 aliphatic carbocycles. The molecule has 0 spiro atoms. The number of benzene rings is 1. The number of halogens is 1. The van der Waals surface area contributed by atoms with Gasteiger partial charge >= 0.3 is 0 Å². The fourth-order valence-electron chi connectivity index (χ4n) is 4.67. The average Bonchev–Trinajstić information content (AvgIpc) is 3.52. The standard InChI is InChI=1S/C24H25FN6O2/c1-14-18-12-21(32)31(11-9-16-5-7-17(25)8-6-16)23(18)28-22(27-14)20-4-3-10-30(20)24(33)19-13-26-29-15(19)2/h5-8,13,20H,3-4,9-12H2,1-2H3,(H,26,29). The quantitative estimate of drug-likeness (QED) is 0.647. The molecule has 33 heavy (non-hydrogen) atoms. The highest BCUT2D eigenvalue weighted by atomic mass is 19.1. The molecule has 1 unspecified atom stereocenters. The number of H-pyrrole nitrogens is 1. The second kappa shape index (κ2) is 8.38. The molecule has 1 saturated heterocycles. The molecule has 1 aromatic carbocycles. The maximum absolute atomic E-state index is 13.2. The minimum Gasteiger partial charge on any atom is -0.328 e. The predicted molar refractivity (Wildman–Crippen MR) is 119 cm³/mol. The molecule has 3 aromatic rings. The molecular weight excluding hydrogens is 423 g/mol. The normalized spacial score (nSPS) is 17.7. The number of nitrogens with one attached hydrogen (secondary N) is 1. The molecule has 170 valence electrons. The van der Waals surface area contributed by atoms with Gasteiger partial charge in [0.2, 0.25) is 5.91 Å². The Morgan fingerprint density at radius 3 is 2.73 bits per heavy atom. The van der Waals surface area contributed by atoms with Crippen LogP contribution in [0.1, 0.15) is 57.6 Å². The van der Waals surface area contributed by atoms with Gasteiger partial charge in [-0.15, -0.1) is 0 Å². The SMILES string of the molecule is Cc1nc(C2CCCN2C(=O)c2cn[nH]c2C)nc2c1CC(=O)N2CCc1ccc(F)cc1. The number of likely N-dealkylation sites (tertiary alicyclic amines) is 1. The highest BCUT2D eigenvalue weighted by Crippen LogP contribution is 2.36. The molecule has 1 N–H and O–H groups in total. The molecule has 2 aliphatic heterocycles. The molecule has 2 amide bonds. The summed E-state index contributed by atoms with van der Waals surface area (Å²) in [5, 5.41) is 6.79. The lowest BCUT2D eigenvalue weighted by atomic mass is 10.1. The van der Waals surface area contributed by atoms with E-state index in [1.54, 1.807) is 28.1 Å². The number of fused-ring (bicyclic) bond motifs is 1. The van der Waals surface area contributed by atoms with Crippen LogP contribution < -0.4 is 4.90 Å². The van der Waals surface area contributed by atoms with E-state index in [1.807, 2.05) is 13.8 Å². The molecule has 2 aromatic heterocycles. The highest BCUT2D eigenvalue weighted by molar-refractivity contribution is 6.00. The lowest BCUT2D eigenvalue weighted by Gasteiger charge is -2.25. The van der Waals surface area contributed by atoms with Crippen LogP contribution in [0.5, 0.6) is 0 Å². The smallest absolute Gasteiger partial charge is 0.257 e. The fraction of sp³-hybridized carbons (Fsp3) is 0.375. The van der Waals surface area contributed by atoms with Gasteiger partial charge in [0.25, 0.3) is 5.91 Å². The van der Waals surface area contributed by atoms with Crippen LogP contribution in [-0.2, 0) is 17.6 Å². The molecule has 5 rings (SSSR count). The molecule has 0 saturated carbocycles. The van der Waals surface area contributed by atoms with E-state index in [0.717, 1.165) is 35.4 Å². The summed E-state index contributed by atoms with van der Waals surface area (Å²) in [7, 11) is 0. The molecule has 1 fully saturated rings. The zero-order valence-electron chi connectivity index (χ0n) is 18.6. The van der Waals surface area contributed by atoms with Crippen LogP contribution in [0.2, 0.25) is 0 Å². The van der Waals surface area contributed by atoms with E-state index in [2.05, 4.69) is 10.2 Å². The van der Waals surface area contributed by atoms with Gasteiger partial charge in [0.1, 0.15) is 11.6 Å². The summed E-state index contributed by atoms with van der Waals surface area (Å²) in [6.45, 7) is 4.80. The van der Waals surface area contributed by atoms with Gasteiger partial charge in [0.15, 0.2) is 5.82 Å². The van der Waals surface area contributed by atoms with Crippen molar-refractivity contribution < 1.29 is 14.0 Å². The number of aromatic nitrogens is 4. The Hall–Kier alpha value is -3.62. The maximum atomic E-state index is 13.2. The van der Waals surface area contributed by atoms with Crippen molar-refractivity contribution in [1.29, 1.82) is 0 Å². The third kappa shape index (κ3) is 3.88. The number of anilines is 1. The number of hydrogen-bond donors (Lipinski definition) is 1. The Balaban J connectivity index is 1.42. The van der Waals surface area contributed by atoms with Crippen LogP contribution in [-0.4, -0.2) is 50.0 Å². The lowest BCUT2D eigenvalue weighted by Crippen LogP contribution is -2.33. The molecule has 8 nitrogen and oxygen atoms in total. The van der Waals surface area contributed by atoms with Gasteiger partial charge in [-0.05, 0) is 50.8 Å². The molecular formula is C24H25FN6O2. The first-order valence-electron chi connectivity index (χ1n) is 11.2. The molecule has 0 radical (unpaired) electrons. The van der Waals surface area contributed by atoms with Crippen molar-refractivity contribution in [2.45, 2.75) is 45.6 Å². The molecule has 0 bridgehead atoms. The average molecular weight is 449 g/mol. The second-order valence-corrected chi connectivity index (χ2v) is 8.63. The third-order valence-corrected chi connectivity index (χ3v) is 6.50. The minimum absolute atomic E-state index is 0.0185. The second-order valence-electron chi connectivity index (χ2n) is 8.63. The third-order valence-electron chi connectivity index (χ3n) is 6.50. The van der Waals surface area contributed by atoms with Crippen molar-refractivity contribution in [3.8, 4) is 0 Å². The topological polar surface area (TPSA) is 95.1 Å². The van der Waals surface area contributed by atoms with Crippen LogP contribution in [0.4, 0.5) is 10.2 Å². The number of hydrogen-bond acceptors (Lipinski definition) is 5. The minimum atomic E-state index is -0.282. The molecule has 9 heteroatoms. The van der Waals surface area contributed by atoms with E-state index < -0.39 is 0 Å². The summed E-state index contributed by atoms with van der Waals surface area (Å²) >= 11 is 0. The summed E-state index contributed by atoms with van der Waals surface area (Å²) in [4.78, 5) is 38.9. The van der Waals surface area contributed by atoms with Gasteiger partial charge in [-0.25, -0.2) is 14.4 Å². The first kappa shape index (κ1) is 21.2. The monoisotopic (exact) mass is 448 g/mol. The summed E-state index contributed by atoms with van der Waals surface area (Å²) < 4.78 is 13.2. The van der Waals surface area contributed by atoms with Gasteiger partial charge in [-0.3, -0.25) is 19.6 Å². The lowest BCUT2D eigenvalue weighted by molar-refractivity contribution is -0.117. The van der Waals surface area contributed by atoms with Crippen LogP contribution >= 0.6 is 0 Å². The fourth-order valence-corrected chi connectivity index (χ4v) is 4.67. The van der Waals surface area contributed by atoms with E-state index >= 15 is 0 Å². The maximum Gasteiger partial charge on any atom is 0.257 e. The first-order valence-corrected chi connectivity index (χ1v) is 11.2. The van der Waals surface area contributed by atoms with Crippen molar-refractivity contribution in [2.24, 2.45) is 0 Å². The van der Waals surface area contributed by atoms with Crippen molar-refractivity contribution >= 4 is 17.6 Å². The largest absolute Gasteiger partial charge is 0.328 e. The van der Waals surface area contributed by atoms with E-state index in [1.165, 1.54) is 12.1 Å². The van der Waals surface area contributed by atoms with E-state index in [0.29, 0.717) is 36.7 Å². The van der Waals surface area contributed by atoms with Gasteiger partial charge in [0.05, 0.1) is 24.2 Å². The van der Waals surface area contributed by atoms with Crippen LogP contribution in [0.3, 0.4) is 0 Å². The molecule has 1 atom stereocenters. The summed E-state index contributed by atoms with van der Waals surface area (Å²) in [5.74, 6) is 0.809. The Bertz CT molecular complexity index is 1220. The van der Waals surface area contributed by atoms with Crippen molar-refractivity contribution in [3.63, 3.8) is 0 Å². The number of carbonyl (C=O) groups excluding carboxylic acids is 2. The number of aryl methyl sites for hydroxylation is 2. The van der Waals surface area contributed by atoms with E-state index in [9.17, 15) is 14.0 Å². The Morgan fingerprint density at radius 2 is 2.00 bits per heavy atom. The van der Waals surface area contributed by atoms with Gasteiger partial charge in [-0.2, -0.15) is 5.10 Å². The zero-order valence-corrected chi connectivity index (χ0v) is 18.6. The molecule has 4 heterocycles. The van der Waals surface area contributed by atoms with Crippen LogP contribution in [0.25, 0.3) is 0 Å². The van der Waals surface area contributed by atoms with E-state index in [-0.39, 0.29) is 30.1 Å². The number of nitrogens with zero attached hydrogens (tertiary/aromatic N) is 5. The summed E-state index contributed by atoms with van der Waals surface area (Å²) in [6, 6.07) is 6.06. The predicted octanol–water partition coefficient (Wildman–Crippen LogP) is 3.06. The van der Waals surface area contributed by atoms with Crippen LogP contribution in [0, 0.1) is 19.7 Å². The van der Waals surface area contributed by atoms with Crippen LogP contribution in [0.15, 0.2) is 30.5 Å². The number of amides is 2. The Labute approximate surface area is 190 Å². The number of rotatable bonds is 5. The number of carbonyl (C=O) groups is 2. The Morgan fingerprint density at radius 1 is 1.21 bits per heavy atom. The van der Waals surface area contributed by atoms with Gasteiger partial charge in [-0.1, -0.05) is 12.1 Å². The zero-order chi connectivity index (χ0) is 23.1. The molecule has 2 aliphatic rings. The van der Waals surface area contributed by atoms with Crippen molar-refractivity contribution in [2.75, 3.05) is 18.0 Å². The Kier molecular flexibility index (Phi) is 5.39. The van der Waals surface area contributed by atoms with E-state index in [4.69, 9.17) is 9.97 Å². The highest BCUT2D eigenvalue weighted by Gasteiger charge is 2.37. The summed E-state index contributed by atoms with van der Waals surface area (Å²) in [5.41, 5.74) is 3.84. The van der Waals surface area contributed by atoms with Crippen molar-refractivity contribution in [1.82, 2.24) is 25.1 Å².